The molecule has 1 atom stereocenters. The largest absolute Gasteiger partial charge is 0.324 e. The Balaban J connectivity index is 2.40. The quantitative estimate of drug-likeness (QED) is 0.852. The van der Waals surface area contributed by atoms with E-state index >= 15 is 0 Å². The van der Waals surface area contributed by atoms with Crippen LogP contribution in [-0.4, -0.2) is 15.0 Å². The highest BCUT2D eigenvalue weighted by molar-refractivity contribution is 5.59. The monoisotopic (exact) mass is 216 g/mol. The average molecular weight is 216 g/mol. The van der Waals surface area contributed by atoms with Crippen LogP contribution in [0.2, 0.25) is 0 Å². The Morgan fingerprint density at radius 2 is 2.25 bits per heavy atom. The van der Waals surface area contributed by atoms with E-state index in [4.69, 9.17) is 5.73 Å². The first-order chi connectivity index (χ1) is 7.72. The first-order valence-corrected chi connectivity index (χ1v) is 5.43. The second-order valence-corrected chi connectivity index (χ2v) is 3.88. The topological polar surface area (TPSA) is 56.7 Å². The highest BCUT2D eigenvalue weighted by Crippen LogP contribution is 2.22. The van der Waals surface area contributed by atoms with Gasteiger partial charge in [-0.1, -0.05) is 30.3 Å². The van der Waals surface area contributed by atoms with Gasteiger partial charge in [0.25, 0.3) is 0 Å². The lowest BCUT2D eigenvalue weighted by Crippen LogP contribution is -2.08. The predicted octanol–water partition coefficient (Wildman–Crippen LogP) is 1.89. The Labute approximate surface area is 95.1 Å². The van der Waals surface area contributed by atoms with Crippen molar-refractivity contribution in [3.8, 4) is 11.3 Å². The summed E-state index contributed by atoms with van der Waals surface area (Å²) in [6, 6.07) is 8.33. The molecule has 0 spiro atoms. The lowest BCUT2D eigenvalue weighted by atomic mass is 10.0. The zero-order valence-electron chi connectivity index (χ0n) is 9.59. The van der Waals surface area contributed by atoms with E-state index in [0.717, 1.165) is 23.2 Å². The summed E-state index contributed by atoms with van der Waals surface area (Å²) in [5.41, 5.74) is 9.28. The molecule has 1 unspecified atom stereocenters. The van der Waals surface area contributed by atoms with Crippen LogP contribution in [0.1, 0.15) is 24.9 Å². The van der Waals surface area contributed by atoms with E-state index in [2.05, 4.69) is 29.4 Å². The third-order valence-electron chi connectivity index (χ3n) is 2.76. The molecule has 1 aromatic carbocycles. The van der Waals surface area contributed by atoms with Crippen molar-refractivity contribution in [1.29, 1.82) is 0 Å². The second kappa shape index (κ2) is 4.45. The maximum absolute atomic E-state index is 6.02. The van der Waals surface area contributed by atoms with Gasteiger partial charge in [0.05, 0.1) is 11.9 Å². The Kier molecular flexibility index (Phi) is 3.01. The van der Waals surface area contributed by atoms with Crippen LogP contribution in [0.25, 0.3) is 11.3 Å². The number of aromatic nitrogens is 3. The molecule has 16 heavy (non-hydrogen) atoms. The summed E-state index contributed by atoms with van der Waals surface area (Å²) in [4.78, 5) is 0. The molecule has 0 amide bonds. The van der Waals surface area contributed by atoms with Crippen molar-refractivity contribution in [2.45, 2.75) is 19.4 Å². The highest BCUT2D eigenvalue weighted by Gasteiger charge is 2.07. The Morgan fingerprint density at radius 3 is 2.88 bits per heavy atom. The lowest BCUT2D eigenvalue weighted by Gasteiger charge is -2.10. The van der Waals surface area contributed by atoms with Gasteiger partial charge < -0.3 is 5.73 Å². The lowest BCUT2D eigenvalue weighted by molar-refractivity contribution is 0.698. The molecular weight excluding hydrogens is 200 g/mol. The molecule has 0 aliphatic rings. The van der Waals surface area contributed by atoms with E-state index in [0.29, 0.717) is 0 Å². The summed E-state index contributed by atoms with van der Waals surface area (Å²) < 4.78 is 1.76. The maximum Gasteiger partial charge on any atom is 0.0882 e. The van der Waals surface area contributed by atoms with Crippen LogP contribution in [0.15, 0.2) is 30.5 Å². The van der Waals surface area contributed by atoms with Crippen LogP contribution in [0.5, 0.6) is 0 Å². The van der Waals surface area contributed by atoms with Gasteiger partial charge in [-0.25, -0.2) is 4.68 Å². The summed E-state index contributed by atoms with van der Waals surface area (Å²) >= 11 is 0. The van der Waals surface area contributed by atoms with Crippen molar-refractivity contribution in [2.75, 3.05) is 0 Å². The second-order valence-electron chi connectivity index (χ2n) is 3.88. The van der Waals surface area contributed by atoms with Crippen molar-refractivity contribution >= 4 is 0 Å². The summed E-state index contributed by atoms with van der Waals surface area (Å²) in [5.74, 6) is 0. The summed E-state index contributed by atoms with van der Waals surface area (Å²) in [6.45, 7) is 2.09. The van der Waals surface area contributed by atoms with Crippen LogP contribution in [0.4, 0.5) is 0 Å². The van der Waals surface area contributed by atoms with Crippen molar-refractivity contribution in [1.82, 2.24) is 15.0 Å². The molecule has 1 aromatic heterocycles. The Hall–Kier alpha value is -1.68. The van der Waals surface area contributed by atoms with Gasteiger partial charge in [-0.05, 0) is 18.1 Å². The molecule has 4 heteroatoms. The van der Waals surface area contributed by atoms with Crippen LogP contribution >= 0.6 is 0 Å². The highest BCUT2D eigenvalue weighted by atomic mass is 15.4. The fourth-order valence-electron chi connectivity index (χ4n) is 1.72. The van der Waals surface area contributed by atoms with Gasteiger partial charge in [0, 0.05) is 18.7 Å². The third-order valence-corrected chi connectivity index (χ3v) is 2.76. The number of nitrogens with two attached hydrogens (primary N) is 1. The molecule has 0 aliphatic heterocycles. The molecule has 1 heterocycles. The van der Waals surface area contributed by atoms with Gasteiger partial charge in [0.1, 0.15) is 0 Å². The summed E-state index contributed by atoms with van der Waals surface area (Å²) in [7, 11) is 1.88. The maximum atomic E-state index is 6.02. The normalized spacial score (nSPS) is 12.7. The number of benzene rings is 1. The number of nitrogens with zero attached hydrogens (tertiary/aromatic N) is 3. The minimum absolute atomic E-state index is 0.0983. The van der Waals surface area contributed by atoms with E-state index in [9.17, 15) is 0 Å². The van der Waals surface area contributed by atoms with Gasteiger partial charge in [-0.3, -0.25) is 0 Å². The molecule has 2 aromatic rings. The van der Waals surface area contributed by atoms with E-state index in [1.807, 2.05) is 19.2 Å². The molecule has 84 valence electrons. The third kappa shape index (κ3) is 1.97. The van der Waals surface area contributed by atoms with E-state index < -0.39 is 0 Å². The molecule has 0 saturated heterocycles. The molecule has 0 aliphatic carbocycles. The SMILES string of the molecule is CCC(N)c1cccc(-c2cnnn2C)c1. The fraction of sp³-hybridized carbons (Fsp3) is 0.333. The molecule has 0 bridgehead atoms. The fourth-order valence-corrected chi connectivity index (χ4v) is 1.72. The van der Waals surface area contributed by atoms with E-state index in [-0.39, 0.29) is 6.04 Å². The van der Waals surface area contributed by atoms with Crippen LogP contribution in [0, 0.1) is 0 Å². The molecule has 0 fully saturated rings. The number of hydrogen-bond donors (Lipinski definition) is 1. The average Bonchev–Trinajstić information content (AvgIpc) is 2.74. The van der Waals surface area contributed by atoms with Crippen molar-refractivity contribution < 1.29 is 0 Å². The first kappa shape index (κ1) is 10.8. The van der Waals surface area contributed by atoms with Crippen LogP contribution in [-0.2, 0) is 7.05 Å². The Bertz CT molecular complexity index is 475. The van der Waals surface area contributed by atoms with E-state index in [1.54, 1.807) is 10.9 Å². The van der Waals surface area contributed by atoms with Crippen molar-refractivity contribution in [3.63, 3.8) is 0 Å². The molecule has 2 rings (SSSR count). The van der Waals surface area contributed by atoms with E-state index in [1.165, 1.54) is 0 Å². The van der Waals surface area contributed by atoms with Gasteiger partial charge >= 0.3 is 0 Å². The van der Waals surface area contributed by atoms with Gasteiger partial charge in [-0.2, -0.15) is 0 Å². The smallest absolute Gasteiger partial charge is 0.0882 e. The molecule has 0 radical (unpaired) electrons. The van der Waals surface area contributed by atoms with Crippen LogP contribution in [0.3, 0.4) is 0 Å². The minimum Gasteiger partial charge on any atom is -0.324 e. The van der Waals surface area contributed by atoms with Gasteiger partial charge in [-0.15, -0.1) is 5.10 Å². The summed E-state index contributed by atoms with van der Waals surface area (Å²) in [6.07, 6.45) is 2.70. The molecule has 0 saturated carbocycles. The number of aryl methyl sites for hydroxylation is 1. The Morgan fingerprint density at radius 1 is 1.44 bits per heavy atom. The van der Waals surface area contributed by atoms with Gasteiger partial charge in [0.2, 0.25) is 0 Å². The minimum atomic E-state index is 0.0983. The predicted molar refractivity (Wildman–Crippen MR) is 63.7 cm³/mol. The van der Waals surface area contributed by atoms with Crippen molar-refractivity contribution in [2.24, 2.45) is 12.8 Å². The molecular formula is C12H16N4. The zero-order chi connectivity index (χ0) is 11.5. The molecule has 2 N–H and O–H groups in total. The zero-order valence-corrected chi connectivity index (χ0v) is 9.59. The summed E-state index contributed by atoms with van der Waals surface area (Å²) in [5, 5.41) is 7.80. The first-order valence-electron chi connectivity index (χ1n) is 5.43. The molecule has 4 nitrogen and oxygen atoms in total. The standard InChI is InChI=1S/C12H16N4/c1-3-11(13)9-5-4-6-10(7-9)12-8-14-15-16(12)2/h4-8,11H,3,13H2,1-2H3. The number of rotatable bonds is 3. The van der Waals surface area contributed by atoms with Gasteiger partial charge in [0.15, 0.2) is 0 Å². The number of hydrogen-bond acceptors (Lipinski definition) is 3. The van der Waals surface area contributed by atoms with Crippen molar-refractivity contribution in [3.05, 3.63) is 36.0 Å². The van der Waals surface area contributed by atoms with Crippen LogP contribution < -0.4 is 5.73 Å².